The summed E-state index contributed by atoms with van der Waals surface area (Å²) in [5.41, 5.74) is 7.84. The van der Waals surface area contributed by atoms with Crippen molar-refractivity contribution in [1.82, 2.24) is 5.32 Å². The third-order valence-electron chi connectivity index (χ3n) is 6.07. The van der Waals surface area contributed by atoms with Gasteiger partial charge in [0.25, 0.3) is 5.91 Å². The maximum atomic E-state index is 13.1. The van der Waals surface area contributed by atoms with Gasteiger partial charge in [0.1, 0.15) is 12.4 Å². The first-order valence-electron chi connectivity index (χ1n) is 10.0. The predicted octanol–water partition coefficient (Wildman–Crippen LogP) is 3.90. The largest absolute Gasteiger partial charge is 0.489 e. The van der Waals surface area contributed by atoms with Crippen LogP contribution in [0.5, 0.6) is 5.75 Å². The van der Waals surface area contributed by atoms with Crippen LogP contribution in [0.1, 0.15) is 48.0 Å². The van der Waals surface area contributed by atoms with Gasteiger partial charge >= 0.3 is 0 Å². The lowest BCUT2D eigenvalue weighted by Crippen LogP contribution is -2.53. The van der Waals surface area contributed by atoms with Crippen LogP contribution in [-0.4, -0.2) is 18.0 Å². The molecular formula is C23H28N2O2. The van der Waals surface area contributed by atoms with Gasteiger partial charge in [0.2, 0.25) is 0 Å². The first-order chi connectivity index (χ1) is 13.2. The second-order valence-corrected chi connectivity index (χ2v) is 7.94. The number of rotatable bonds is 5. The van der Waals surface area contributed by atoms with Crippen molar-refractivity contribution in [3.8, 4) is 5.75 Å². The molecule has 0 radical (unpaired) electrons. The highest BCUT2D eigenvalue weighted by atomic mass is 16.5. The molecule has 0 heterocycles. The molecule has 142 valence electrons. The summed E-state index contributed by atoms with van der Waals surface area (Å²) in [6.07, 6.45) is 5.66. The quantitative estimate of drug-likeness (QED) is 0.846. The Morgan fingerprint density at radius 3 is 2.41 bits per heavy atom. The molecule has 2 aromatic rings. The van der Waals surface area contributed by atoms with Crippen LogP contribution >= 0.6 is 0 Å². The molecule has 0 aliphatic heterocycles. The van der Waals surface area contributed by atoms with E-state index in [0.717, 1.165) is 24.2 Å². The number of hydrogen-bond donors (Lipinski definition) is 2. The number of carbonyl (C=O) groups excluding carboxylic acids is 1. The van der Waals surface area contributed by atoms with Crippen molar-refractivity contribution in [3.05, 3.63) is 65.7 Å². The monoisotopic (exact) mass is 364 g/mol. The molecule has 0 saturated heterocycles. The summed E-state index contributed by atoms with van der Waals surface area (Å²) in [6.45, 7) is 0.385. The van der Waals surface area contributed by atoms with Crippen molar-refractivity contribution >= 4 is 5.91 Å². The Hall–Kier alpha value is -2.33. The molecule has 2 aliphatic carbocycles. The molecular weight excluding hydrogens is 336 g/mol. The summed E-state index contributed by atoms with van der Waals surface area (Å²) in [6, 6.07) is 18.0. The molecule has 2 unspecified atom stereocenters. The number of hydrogen-bond acceptors (Lipinski definition) is 3. The second kappa shape index (κ2) is 8.13. The average Bonchev–Trinajstić information content (AvgIpc) is 2.68. The van der Waals surface area contributed by atoms with Crippen molar-refractivity contribution < 1.29 is 9.53 Å². The van der Waals surface area contributed by atoms with E-state index in [0.29, 0.717) is 30.0 Å². The standard InChI is InChI=1S/C23H28N2O2/c24-19-13-16-8-6-9-17(14-19)22(16)25-23(26)21-12-5-4-7-18(21)15-27-20-10-2-1-3-11-20/h1-5,7,10-12,16-17,19,22H,6,8-9,13-15,24H2,(H,25,26). The number of amides is 1. The lowest BCUT2D eigenvalue weighted by molar-refractivity contribution is 0.0754. The third-order valence-corrected chi connectivity index (χ3v) is 6.07. The van der Waals surface area contributed by atoms with E-state index >= 15 is 0 Å². The van der Waals surface area contributed by atoms with E-state index in [-0.39, 0.29) is 11.9 Å². The van der Waals surface area contributed by atoms with Gasteiger partial charge in [0, 0.05) is 23.2 Å². The maximum absolute atomic E-state index is 13.1. The molecule has 2 fully saturated rings. The van der Waals surface area contributed by atoms with Crippen molar-refractivity contribution in [2.45, 2.75) is 50.8 Å². The number of nitrogens with one attached hydrogen (secondary N) is 1. The fraction of sp³-hybridized carbons (Fsp3) is 0.435. The normalized spacial score (nSPS) is 27.0. The SMILES string of the molecule is NC1CC2CCCC(C1)C2NC(=O)c1ccccc1COc1ccccc1. The first kappa shape index (κ1) is 18.1. The van der Waals surface area contributed by atoms with E-state index in [2.05, 4.69) is 5.32 Å². The lowest BCUT2D eigenvalue weighted by Gasteiger charge is -2.45. The molecule has 0 aromatic heterocycles. The topological polar surface area (TPSA) is 64.3 Å². The summed E-state index contributed by atoms with van der Waals surface area (Å²) >= 11 is 0. The number of carbonyl (C=O) groups is 1. The van der Waals surface area contributed by atoms with Crippen LogP contribution in [0.2, 0.25) is 0 Å². The van der Waals surface area contributed by atoms with Gasteiger partial charge < -0.3 is 15.8 Å². The van der Waals surface area contributed by atoms with Gasteiger partial charge in [-0.25, -0.2) is 0 Å². The number of ether oxygens (including phenoxy) is 1. The van der Waals surface area contributed by atoms with Crippen LogP contribution in [0, 0.1) is 11.8 Å². The minimum absolute atomic E-state index is 0.0135. The summed E-state index contributed by atoms with van der Waals surface area (Å²) in [7, 11) is 0. The highest BCUT2D eigenvalue weighted by Gasteiger charge is 2.40. The van der Waals surface area contributed by atoms with Gasteiger partial charge in [-0.2, -0.15) is 0 Å². The molecule has 2 aromatic carbocycles. The fourth-order valence-corrected chi connectivity index (χ4v) is 4.80. The highest BCUT2D eigenvalue weighted by Crippen LogP contribution is 2.39. The molecule has 0 spiro atoms. The summed E-state index contributed by atoms with van der Waals surface area (Å²) in [4.78, 5) is 13.1. The Bertz CT molecular complexity index is 763. The molecule has 4 rings (SSSR count). The number of fused-ring (bicyclic) bond motifs is 2. The Kier molecular flexibility index (Phi) is 5.44. The van der Waals surface area contributed by atoms with E-state index in [1.807, 2.05) is 54.6 Å². The predicted molar refractivity (Wildman–Crippen MR) is 107 cm³/mol. The highest BCUT2D eigenvalue weighted by molar-refractivity contribution is 5.95. The minimum atomic E-state index is 0.0135. The molecule has 2 atom stereocenters. The van der Waals surface area contributed by atoms with Crippen LogP contribution in [0.3, 0.4) is 0 Å². The summed E-state index contributed by atoms with van der Waals surface area (Å²) < 4.78 is 5.86. The van der Waals surface area contributed by atoms with Gasteiger partial charge in [0.05, 0.1) is 0 Å². The summed E-state index contributed by atoms with van der Waals surface area (Å²) in [5, 5.41) is 3.35. The third kappa shape index (κ3) is 4.16. The Morgan fingerprint density at radius 1 is 1.00 bits per heavy atom. The first-order valence-corrected chi connectivity index (χ1v) is 10.0. The van der Waals surface area contributed by atoms with Crippen LogP contribution in [0.15, 0.2) is 54.6 Å². The molecule has 1 amide bonds. The van der Waals surface area contributed by atoms with Crippen molar-refractivity contribution in [1.29, 1.82) is 0 Å². The molecule has 2 aliphatic rings. The van der Waals surface area contributed by atoms with Crippen LogP contribution < -0.4 is 15.8 Å². The average molecular weight is 364 g/mol. The molecule has 2 bridgehead atoms. The number of benzene rings is 2. The van der Waals surface area contributed by atoms with Crippen molar-refractivity contribution in [3.63, 3.8) is 0 Å². The van der Waals surface area contributed by atoms with Gasteiger partial charge in [-0.3, -0.25) is 4.79 Å². The molecule has 4 nitrogen and oxygen atoms in total. The zero-order chi connectivity index (χ0) is 18.6. The number of para-hydroxylation sites is 1. The summed E-state index contributed by atoms with van der Waals surface area (Å²) in [5.74, 6) is 1.86. The van der Waals surface area contributed by atoms with E-state index < -0.39 is 0 Å². The van der Waals surface area contributed by atoms with Crippen molar-refractivity contribution in [2.75, 3.05) is 0 Å². The molecule has 4 heteroatoms. The van der Waals surface area contributed by atoms with Crippen LogP contribution in [0.25, 0.3) is 0 Å². The zero-order valence-electron chi connectivity index (χ0n) is 15.6. The lowest BCUT2D eigenvalue weighted by atomic mass is 9.67. The van der Waals surface area contributed by atoms with Crippen LogP contribution in [0.4, 0.5) is 0 Å². The van der Waals surface area contributed by atoms with Crippen LogP contribution in [-0.2, 0) is 6.61 Å². The maximum Gasteiger partial charge on any atom is 0.251 e. The van der Waals surface area contributed by atoms with Gasteiger partial charge in [-0.1, -0.05) is 42.8 Å². The molecule has 3 N–H and O–H groups in total. The smallest absolute Gasteiger partial charge is 0.251 e. The zero-order valence-corrected chi connectivity index (χ0v) is 15.6. The molecule has 2 saturated carbocycles. The second-order valence-electron chi connectivity index (χ2n) is 7.94. The van der Waals surface area contributed by atoms with Crippen molar-refractivity contribution in [2.24, 2.45) is 17.6 Å². The van der Waals surface area contributed by atoms with Gasteiger partial charge in [-0.05, 0) is 55.7 Å². The minimum Gasteiger partial charge on any atom is -0.489 e. The Balaban J connectivity index is 1.46. The van der Waals surface area contributed by atoms with E-state index in [9.17, 15) is 4.79 Å². The van der Waals surface area contributed by atoms with E-state index in [4.69, 9.17) is 10.5 Å². The Morgan fingerprint density at radius 2 is 1.67 bits per heavy atom. The fourth-order valence-electron chi connectivity index (χ4n) is 4.80. The van der Waals surface area contributed by atoms with Gasteiger partial charge in [0.15, 0.2) is 0 Å². The number of nitrogens with two attached hydrogens (primary N) is 1. The van der Waals surface area contributed by atoms with Gasteiger partial charge in [-0.15, -0.1) is 0 Å². The Labute approximate surface area is 161 Å². The van der Waals surface area contributed by atoms with E-state index in [1.165, 1.54) is 19.3 Å². The molecule has 27 heavy (non-hydrogen) atoms. The van der Waals surface area contributed by atoms with E-state index in [1.54, 1.807) is 0 Å².